The van der Waals surface area contributed by atoms with Gasteiger partial charge in [-0.1, -0.05) is 19.9 Å². The molecule has 0 aromatic carbocycles. The number of hydrogen-bond acceptors (Lipinski definition) is 9. The van der Waals surface area contributed by atoms with E-state index >= 15 is 0 Å². The minimum Gasteiger partial charge on any atom is -0.432 e. The number of hydrogen-bond donors (Lipinski definition) is 6. The van der Waals surface area contributed by atoms with E-state index in [4.69, 9.17) is 9.47 Å². The highest BCUT2D eigenvalue weighted by molar-refractivity contribution is 5.77. The maximum atomic E-state index is 13.7. The highest BCUT2D eigenvalue weighted by Crippen LogP contribution is 2.72. The number of aliphatic hydroxyl groups is 6. The van der Waals surface area contributed by atoms with Crippen LogP contribution in [-0.2, 0) is 14.3 Å². The summed E-state index contributed by atoms with van der Waals surface area (Å²) in [7, 11) is 0. The molecule has 0 aromatic heterocycles. The first-order chi connectivity index (χ1) is 16.4. The molecule has 1 spiro atoms. The smallest absolute Gasteiger partial charge is 0.314 e. The molecule has 1 aliphatic heterocycles. The van der Waals surface area contributed by atoms with Gasteiger partial charge in [-0.05, 0) is 68.3 Å². The van der Waals surface area contributed by atoms with Crippen molar-refractivity contribution in [2.75, 3.05) is 6.61 Å². The Hall–Kier alpha value is -1.07. The second kappa shape index (κ2) is 8.48. The highest BCUT2D eigenvalue weighted by Gasteiger charge is 2.69. The van der Waals surface area contributed by atoms with E-state index in [1.165, 1.54) is 0 Å². The van der Waals surface area contributed by atoms with Crippen molar-refractivity contribution in [2.45, 2.75) is 102 Å². The van der Waals surface area contributed by atoms with Crippen molar-refractivity contribution in [1.82, 2.24) is 0 Å². The molecule has 13 unspecified atom stereocenters. The number of rotatable bonds is 3. The molecule has 35 heavy (non-hydrogen) atoms. The minimum absolute atomic E-state index is 0.0361. The molecule has 2 bridgehead atoms. The zero-order valence-corrected chi connectivity index (χ0v) is 20.5. The van der Waals surface area contributed by atoms with Crippen LogP contribution in [0.5, 0.6) is 0 Å². The zero-order chi connectivity index (χ0) is 25.5. The molecule has 0 aromatic rings. The number of esters is 1. The molecule has 198 valence electrons. The van der Waals surface area contributed by atoms with Gasteiger partial charge in [0, 0.05) is 11.3 Å². The average Bonchev–Trinajstić information content (AvgIpc) is 3.03. The molecule has 6 N–H and O–H groups in total. The fraction of sp³-hybridized carbons (Fsp3) is 0.885. The Labute approximate surface area is 205 Å². The van der Waals surface area contributed by atoms with Crippen LogP contribution in [0.3, 0.4) is 0 Å². The Morgan fingerprint density at radius 1 is 1.06 bits per heavy atom. The monoisotopic (exact) mass is 496 g/mol. The summed E-state index contributed by atoms with van der Waals surface area (Å²) in [6, 6.07) is 0. The van der Waals surface area contributed by atoms with Crippen molar-refractivity contribution >= 4 is 5.97 Å². The van der Waals surface area contributed by atoms with E-state index in [-0.39, 0.29) is 28.6 Å². The highest BCUT2D eigenvalue weighted by atomic mass is 16.7. The lowest BCUT2D eigenvalue weighted by molar-refractivity contribution is -0.298. The van der Waals surface area contributed by atoms with E-state index in [1.807, 2.05) is 6.92 Å². The first-order valence-corrected chi connectivity index (χ1v) is 13.0. The number of aliphatic hydroxyl groups excluding tert-OH is 6. The van der Waals surface area contributed by atoms with Gasteiger partial charge in [0.1, 0.15) is 24.4 Å². The molecule has 13 atom stereocenters. The van der Waals surface area contributed by atoms with Gasteiger partial charge in [-0.15, -0.1) is 0 Å². The van der Waals surface area contributed by atoms with Gasteiger partial charge in [0.25, 0.3) is 0 Å². The number of carbonyl (C=O) groups is 1. The maximum Gasteiger partial charge on any atom is 0.314 e. The largest absolute Gasteiger partial charge is 0.432 e. The van der Waals surface area contributed by atoms with Crippen LogP contribution < -0.4 is 0 Å². The predicted octanol–water partition coefficient (Wildman–Crippen LogP) is 0.240. The summed E-state index contributed by atoms with van der Waals surface area (Å²) in [6.45, 7) is 7.58. The van der Waals surface area contributed by atoms with Crippen LogP contribution in [0.15, 0.2) is 12.2 Å². The third kappa shape index (κ3) is 3.42. The average molecular weight is 497 g/mol. The molecule has 0 amide bonds. The Morgan fingerprint density at radius 2 is 1.77 bits per heavy atom. The van der Waals surface area contributed by atoms with Crippen LogP contribution in [0.25, 0.3) is 0 Å². The van der Waals surface area contributed by atoms with Crippen molar-refractivity contribution in [3.63, 3.8) is 0 Å². The Balaban J connectivity index is 1.41. The SMILES string of the molecule is C=C1C2CC3(CCC4C(C)(C(=O)OC5OC(CO)C(O)C(O)C5O)CCCC4(C)C3CC2O)C1O. The van der Waals surface area contributed by atoms with Crippen LogP contribution in [0.1, 0.15) is 58.8 Å². The van der Waals surface area contributed by atoms with Crippen LogP contribution >= 0.6 is 0 Å². The molecule has 9 heteroatoms. The minimum atomic E-state index is -1.64. The van der Waals surface area contributed by atoms with Crippen molar-refractivity contribution in [3.8, 4) is 0 Å². The van der Waals surface area contributed by atoms with E-state index in [2.05, 4.69) is 13.5 Å². The summed E-state index contributed by atoms with van der Waals surface area (Å²) in [5.74, 6) is -0.651. The van der Waals surface area contributed by atoms with Crippen molar-refractivity contribution in [1.29, 1.82) is 0 Å². The normalized spacial score (nSPS) is 55.7. The molecule has 1 heterocycles. The fourth-order valence-electron chi connectivity index (χ4n) is 8.96. The van der Waals surface area contributed by atoms with Crippen LogP contribution in [-0.4, -0.2) is 86.1 Å². The lowest BCUT2D eigenvalue weighted by atomic mass is 9.40. The van der Waals surface area contributed by atoms with E-state index in [0.29, 0.717) is 12.8 Å². The molecule has 5 aliphatic rings. The number of fused-ring (bicyclic) bond motifs is 3. The summed E-state index contributed by atoms with van der Waals surface area (Å²) in [6.07, 6.45) is -3.64. The second-order valence-electron chi connectivity index (χ2n) is 12.3. The van der Waals surface area contributed by atoms with E-state index in [1.54, 1.807) is 0 Å². The fourth-order valence-corrected chi connectivity index (χ4v) is 8.96. The first kappa shape index (κ1) is 25.6. The summed E-state index contributed by atoms with van der Waals surface area (Å²) in [4.78, 5) is 13.7. The van der Waals surface area contributed by atoms with Gasteiger partial charge in [0.05, 0.1) is 24.2 Å². The van der Waals surface area contributed by atoms with Gasteiger partial charge >= 0.3 is 5.97 Å². The lowest BCUT2D eigenvalue weighted by Crippen LogP contribution is -2.63. The maximum absolute atomic E-state index is 13.7. The Morgan fingerprint density at radius 3 is 2.46 bits per heavy atom. The van der Waals surface area contributed by atoms with Crippen molar-refractivity contribution in [3.05, 3.63) is 12.2 Å². The standard InChI is InChI=1S/C26H40O9/c1-12-13-10-26(21(12)32)8-5-16-24(2,17(26)9-14(13)28)6-4-7-25(16,3)23(33)35-22-20(31)19(30)18(29)15(11-27)34-22/h13-22,27-32H,1,4-11H2,2-3H3. The van der Waals surface area contributed by atoms with Gasteiger partial charge in [-0.2, -0.15) is 0 Å². The van der Waals surface area contributed by atoms with E-state index < -0.39 is 60.9 Å². The first-order valence-electron chi connectivity index (χ1n) is 13.0. The van der Waals surface area contributed by atoms with Crippen molar-refractivity contribution < 1.29 is 44.9 Å². The molecule has 4 saturated carbocycles. The second-order valence-corrected chi connectivity index (χ2v) is 12.3. The van der Waals surface area contributed by atoms with E-state index in [9.17, 15) is 35.4 Å². The summed E-state index contributed by atoms with van der Waals surface area (Å²) >= 11 is 0. The molecule has 9 nitrogen and oxygen atoms in total. The van der Waals surface area contributed by atoms with Gasteiger partial charge in [0.15, 0.2) is 0 Å². The topological polar surface area (TPSA) is 157 Å². The summed E-state index contributed by atoms with van der Waals surface area (Å²) in [5, 5.41) is 62.2. The van der Waals surface area contributed by atoms with Gasteiger partial charge in [-0.25, -0.2) is 0 Å². The number of ether oxygens (including phenoxy) is 2. The molecular formula is C26H40O9. The molecular weight excluding hydrogens is 456 g/mol. The lowest BCUT2D eigenvalue weighted by Gasteiger charge is -2.64. The molecule has 5 fully saturated rings. The Bertz CT molecular complexity index is 877. The summed E-state index contributed by atoms with van der Waals surface area (Å²) < 4.78 is 11.1. The summed E-state index contributed by atoms with van der Waals surface area (Å²) in [5.41, 5.74) is -0.791. The zero-order valence-electron chi connectivity index (χ0n) is 20.5. The van der Waals surface area contributed by atoms with Crippen LogP contribution in [0.2, 0.25) is 0 Å². The molecule has 4 aliphatic carbocycles. The van der Waals surface area contributed by atoms with Gasteiger partial charge in [0.2, 0.25) is 6.29 Å². The van der Waals surface area contributed by atoms with Gasteiger partial charge < -0.3 is 40.1 Å². The third-order valence-corrected chi connectivity index (χ3v) is 10.8. The number of carbonyl (C=O) groups excluding carboxylic acids is 1. The van der Waals surface area contributed by atoms with Crippen LogP contribution in [0, 0.1) is 34.0 Å². The Kier molecular flexibility index (Phi) is 6.19. The molecule has 1 saturated heterocycles. The quantitative estimate of drug-likeness (QED) is 0.238. The molecule has 5 rings (SSSR count). The van der Waals surface area contributed by atoms with E-state index in [0.717, 1.165) is 37.7 Å². The van der Waals surface area contributed by atoms with Crippen molar-refractivity contribution in [2.24, 2.45) is 34.0 Å². The third-order valence-electron chi connectivity index (χ3n) is 10.8. The van der Waals surface area contributed by atoms with Crippen LogP contribution in [0.4, 0.5) is 0 Å². The predicted molar refractivity (Wildman–Crippen MR) is 122 cm³/mol. The van der Waals surface area contributed by atoms with Gasteiger partial charge in [-0.3, -0.25) is 4.79 Å². The molecule has 0 radical (unpaired) electrons.